The van der Waals surface area contributed by atoms with Crippen LogP contribution in [0.2, 0.25) is 0 Å². The Morgan fingerprint density at radius 2 is 1.83 bits per heavy atom. The first-order valence-electron chi connectivity index (χ1n) is 9.30. The molecule has 0 saturated heterocycles. The minimum Gasteiger partial charge on any atom is -0.324 e. The molecular formula is C22H21N5O2. The summed E-state index contributed by atoms with van der Waals surface area (Å²) in [5.74, 6) is -0.288. The second-order valence-electron chi connectivity index (χ2n) is 7.10. The van der Waals surface area contributed by atoms with Crippen LogP contribution in [-0.4, -0.2) is 25.2 Å². The lowest BCUT2D eigenvalue weighted by Crippen LogP contribution is -2.28. The van der Waals surface area contributed by atoms with E-state index in [2.05, 4.69) is 15.4 Å². The number of para-hydroxylation sites is 1. The average Bonchev–Trinajstić information content (AvgIpc) is 3.13. The number of nitrogens with zero attached hydrogens (tertiary/aromatic N) is 4. The zero-order valence-corrected chi connectivity index (χ0v) is 16.5. The SMILES string of the molecule is Cc1ccc(-n2ncc3c(=O)n(CC(=O)Nc4ccccc4C)cnc32)cc1C. The highest BCUT2D eigenvalue weighted by Gasteiger charge is 2.14. The molecule has 0 bridgehead atoms. The number of carbonyl (C=O) groups is 1. The van der Waals surface area contributed by atoms with Gasteiger partial charge in [-0.05, 0) is 55.7 Å². The summed E-state index contributed by atoms with van der Waals surface area (Å²) < 4.78 is 2.93. The quantitative estimate of drug-likeness (QED) is 0.583. The Hall–Kier alpha value is -3.74. The van der Waals surface area contributed by atoms with Gasteiger partial charge in [0.1, 0.15) is 18.3 Å². The predicted octanol–water partition coefficient (Wildman–Crippen LogP) is 3.15. The van der Waals surface area contributed by atoms with Crippen molar-refractivity contribution in [1.82, 2.24) is 19.3 Å². The minimum absolute atomic E-state index is 0.120. The maximum Gasteiger partial charge on any atom is 0.264 e. The number of fused-ring (bicyclic) bond motifs is 1. The average molecular weight is 387 g/mol. The Bertz CT molecular complexity index is 1290. The van der Waals surface area contributed by atoms with Gasteiger partial charge >= 0.3 is 0 Å². The molecule has 4 aromatic rings. The normalized spacial score (nSPS) is 11.0. The van der Waals surface area contributed by atoms with Crippen LogP contribution >= 0.6 is 0 Å². The van der Waals surface area contributed by atoms with Crippen LogP contribution in [0.3, 0.4) is 0 Å². The molecule has 2 heterocycles. The molecule has 0 aliphatic heterocycles. The van der Waals surface area contributed by atoms with Gasteiger partial charge < -0.3 is 5.32 Å². The Labute approximate surface area is 167 Å². The summed E-state index contributed by atoms with van der Waals surface area (Å²) in [5, 5.41) is 7.54. The lowest BCUT2D eigenvalue weighted by Gasteiger charge is -2.10. The van der Waals surface area contributed by atoms with Gasteiger partial charge in [0, 0.05) is 5.69 Å². The molecule has 0 aliphatic rings. The van der Waals surface area contributed by atoms with E-state index in [-0.39, 0.29) is 18.0 Å². The molecule has 0 atom stereocenters. The molecule has 146 valence electrons. The summed E-state index contributed by atoms with van der Waals surface area (Å²) in [6, 6.07) is 13.4. The van der Waals surface area contributed by atoms with Crippen LogP contribution in [0.15, 0.2) is 59.8 Å². The molecule has 0 unspecified atom stereocenters. The second kappa shape index (κ2) is 7.35. The molecule has 0 fully saturated rings. The second-order valence-corrected chi connectivity index (χ2v) is 7.10. The van der Waals surface area contributed by atoms with Crippen molar-refractivity contribution >= 4 is 22.6 Å². The molecule has 0 aliphatic carbocycles. The van der Waals surface area contributed by atoms with Crippen LogP contribution < -0.4 is 10.9 Å². The molecule has 0 spiro atoms. The number of aromatic nitrogens is 4. The van der Waals surface area contributed by atoms with Crippen LogP contribution in [0, 0.1) is 20.8 Å². The summed E-state index contributed by atoms with van der Waals surface area (Å²) in [6.07, 6.45) is 2.89. The summed E-state index contributed by atoms with van der Waals surface area (Å²) in [7, 11) is 0. The van der Waals surface area contributed by atoms with E-state index in [1.165, 1.54) is 22.7 Å². The van der Waals surface area contributed by atoms with Gasteiger partial charge in [-0.25, -0.2) is 9.67 Å². The minimum atomic E-state index is -0.301. The van der Waals surface area contributed by atoms with E-state index in [1.807, 2.05) is 63.2 Å². The van der Waals surface area contributed by atoms with Gasteiger partial charge in [-0.15, -0.1) is 0 Å². The predicted molar refractivity (Wildman–Crippen MR) is 112 cm³/mol. The molecule has 0 saturated carbocycles. The van der Waals surface area contributed by atoms with Crippen molar-refractivity contribution in [2.45, 2.75) is 27.3 Å². The summed E-state index contributed by atoms with van der Waals surface area (Å²) in [5.41, 5.74) is 5.00. The molecule has 0 radical (unpaired) electrons. The molecule has 4 rings (SSSR count). The van der Waals surface area contributed by atoms with Gasteiger partial charge in [-0.2, -0.15) is 5.10 Å². The summed E-state index contributed by atoms with van der Waals surface area (Å²) in [6.45, 7) is 5.86. The fraction of sp³-hybridized carbons (Fsp3) is 0.182. The maximum atomic E-state index is 12.8. The number of carbonyl (C=O) groups excluding carboxylic acids is 1. The van der Waals surface area contributed by atoms with Crippen molar-refractivity contribution in [3.05, 3.63) is 82.0 Å². The van der Waals surface area contributed by atoms with Crippen molar-refractivity contribution in [2.24, 2.45) is 0 Å². The van der Waals surface area contributed by atoms with Crippen LogP contribution in [-0.2, 0) is 11.3 Å². The largest absolute Gasteiger partial charge is 0.324 e. The molecule has 29 heavy (non-hydrogen) atoms. The first-order chi connectivity index (χ1) is 13.9. The highest BCUT2D eigenvalue weighted by atomic mass is 16.2. The first-order valence-corrected chi connectivity index (χ1v) is 9.30. The van der Waals surface area contributed by atoms with Gasteiger partial charge in [0.2, 0.25) is 5.91 Å². The Morgan fingerprint density at radius 1 is 1.03 bits per heavy atom. The Kier molecular flexibility index (Phi) is 4.72. The van der Waals surface area contributed by atoms with Crippen LogP contribution in [0.1, 0.15) is 16.7 Å². The van der Waals surface area contributed by atoms with Gasteiger partial charge in [0.25, 0.3) is 5.56 Å². The first kappa shape index (κ1) is 18.6. The molecule has 7 heteroatoms. The number of amides is 1. The van der Waals surface area contributed by atoms with E-state index in [4.69, 9.17) is 0 Å². The lowest BCUT2D eigenvalue weighted by molar-refractivity contribution is -0.116. The molecule has 2 aromatic heterocycles. The zero-order valence-electron chi connectivity index (χ0n) is 16.5. The van der Waals surface area contributed by atoms with E-state index >= 15 is 0 Å². The zero-order chi connectivity index (χ0) is 20.5. The number of hydrogen-bond acceptors (Lipinski definition) is 4. The van der Waals surface area contributed by atoms with Crippen molar-refractivity contribution in [1.29, 1.82) is 0 Å². The monoisotopic (exact) mass is 387 g/mol. The Balaban J connectivity index is 1.63. The van der Waals surface area contributed by atoms with E-state index in [1.54, 1.807) is 4.68 Å². The third-order valence-corrected chi connectivity index (χ3v) is 5.02. The smallest absolute Gasteiger partial charge is 0.264 e. The number of aryl methyl sites for hydroxylation is 3. The van der Waals surface area contributed by atoms with Gasteiger partial charge in [0.15, 0.2) is 5.65 Å². The number of hydrogen-bond donors (Lipinski definition) is 1. The third-order valence-electron chi connectivity index (χ3n) is 5.02. The molecule has 1 amide bonds. The lowest BCUT2D eigenvalue weighted by atomic mass is 10.1. The van der Waals surface area contributed by atoms with E-state index in [0.29, 0.717) is 11.0 Å². The van der Waals surface area contributed by atoms with Crippen LogP contribution in [0.4, 0.5) is 5.69 Å². The van der Waals surface area contributed by atoms with Crippen LogP contribution in [0.5, 0.6) is 0 Å². The van der Waals surface area contributed by atoms with Crippen molar-refractivity contribution in [2.75, 3.05) is 5.32 Å². The number of anilines is 1. The topological polar surface area (TPSA) is 81.8 Å². The fourth-order valence-corrected chi connectivity index (χ4v) is 3.17. The van der Waals surface area contributed by atoms with Crippen molar-refractivity contribution in [3.63, 3.8) is 0 Å². The number of rotatable bonds is 4. The van der Waals surface area contributed by atoms with E-state index in [0.717, 1.165) is 22.5 Å². The van der Waals surface area contributed by atoms with Gasteiger partial charge in [-0.1, -0.05) is 24.3 Å². The number of nitrogens with one attached hydrogen (secondary N) is 1. The molecular weight excluding hydrogens is 366 g/mol. The highest BCUT2D eigenvalue weighted by Crippen LogP contribution is 2.17. The van der Waals surface area contributed by atoms with Crippen LogP contribution in [0.25, 0.3) is 16.7 Å². The highest BCUT2D eigenvalue weighted by molar-refractivity contribution is 5.91. The van der Waals surface area contributed by atoms with E-state index < -0.39 is 0 Å². The summed E-state index contributed by atoms with van der Waals surface area (Å²) in [4.78, 5) is 29.6. The molecule has 1 N–H and O–H groups in total. The van der Waals surface area contributed by atoms with Gasteiger partial charge in [-0.3, -0.25) is 14.2 Å². The molecule has 2 aromatic carbocycles. The number of benzene rings is 2. The third kappa shape index (κ3) is 3.54. The summed E-state index contributed by atoms with van der Waals surface area (Å²) >= 11 is 0. The Morgan fingerprint density at radius 3 is 2.59 bits per heavy atom. The van der Waals surface area contributed by atoms with Crippen molar-refractivity contribution < 1.29 is 4.79 Å². The van der Waals surface area contributed by atoms with Gasteiger partial charge in [0.05, 0.1) is 11.9 Å². The standard InChI is InChI=1S/C22H21N5O2/c1-14-8-9-17(10-16(14)3)27-21-18(11-24-27)22(29)26(13-23-21)12-20(28)25-19-7-5-4-6-15(19)2/h4-11,13H,12H2,1-3H3,(H,25,28). The fourth-order valence-electron chi connectivity index (χ4n) is 3.17. The van der Waals surface area contributed by atoms with E-state index in [9.17, 15) is 9.59 Å². The maximum absolute atomic E-state index is 12.8. The molecule has 7 nitrogen and oxygen atoms in total. The van der Waals surface area contributed by atoms with Crippen molar-refractivity contribution in [3.8, 4) is 5.69 Å².